The molecule has 0 N–H and O–H groups in total. The fourth-order valence-corrected chi connectivity index (χ4v) is 3.87. The molecule has 0 bridgehead atoms. The molecule has 1 amide bonds. The lowest BCUT2D eigenvalue weighted by atomic mass is 9.92. The molecule has 4 nitrogen and oxygen atoms in total. The van der Waals surface area contributed by atoms with Crippen LogP contribution in [0, 0.1) is 5.92 Å². The van der Waals surface area contributed by atoms with E-state index in [1.54, 1.807) is 20.3 Å². The summed E-state index contributed by atoms with van der Waals surface area (Å²) in [4.78, 5) is 14.3. The van der Waals surface area contributed by atoms with Gasteiger partial charge in [-0.05, 0) is 48.1 Å². The maximum absolute atomic E-state index is 12.4. The second-order valence-corrected chi connectivity index (χ2v) is 6.79. The van der Waals surface area contributed by atoms with Crippen LogP contribution >= 0.6 is 22.6 Å². The number of nitrogens with zero attached hydrogens (tertiary/aromatic N) is 1. The van der Waals surface area contributed by atoms with E-state index in [-0.39, 0.29) is 11.9 Å². The van der Waals surface area contributed by atoms with Crippen molar-refractivity contribution in [1.29, 1.82) is 0 Å². The first-order valence-electron chi connectivity index (χ1n) is 7.51. The van der Waals surface area contributed by atoms with Crippen molar-refractivity contribution in [2.24, 2.45) is 5.92 Å². The molecule has 1 aromatic rings. The SMILES string of the molecule is C=CC[C@H]1C(I)=CC(=O)N(Cc2ccc(OC)cc2OC)[C@H]1C. The van der Waals surface area contributed by atoms with Gasteiger partial charge in [-0.3, -0.25) is 4.79 Å². The largest absolute Gasteiger partial charge is 0.497 e. The topological polar surface area (TPSA) is 38.8 Å². The highest BCUT2D eigenvalue weighted by Crippen LogP contribution is 2.35. The Bertz CT molecular complexity index is 627. The number of amides is 1. The molecule has 5 heteroatoms. The van der Waals surface area contributed by atoms with Crippen molar-refractivity contribution in [2.75, 3.05) is 14.2 Å². The molecule has 0 radical (unpaired) electrons. The van der Waals surface area contributed by atoms with Gasteiger partial charge in [0.25, 0.3) is 0 Å². The number of ether oxygens (including phenoxy) is 2. The Balaban J connectivity index is 2.28. The van der Waals surface area contributed by atoms with Crippen molar-refractivity contribution in [3.8, 4) is 11.5 Å². The summed E-state index contributed by atoms with van der Waals surface area (Å²) < 4.78 is 11.8. The predicted molar refractivity (Wildman–Crippen MR) is 100.0 cm³/mol. The van der Waals surface area contributed by atoms with Crippen LogP contribution in [0.2, 0.25) is 0 Å². The van der Waals surface area contributed by atoms with Crippen molar-refractivity contribution >= 4 is 28.5 Å². The third-order valence-electron chi connectivity index (χ3n) is 4.23. The monoisotopic (exact) mass is 427 g/mol. The van der Waals surface area contributed by atoms with Gasteiger partial charge in [-0.15, -0.1) is 6.58 Å². The van der Waals surface area contributed by atoms with Crippen molar-refractivity contribution in [2.45, 2.75) is 25.9 Å². The van der Waals surface area contributed by atoms with E-state index in [0.29, 0.717) is 12.5 Å². The molecule has 124 valence electrons. The van der Waals surface area contributed by atoms with Gasteiger partial charge in [0.2, 0.25) is 5.91 Å². The van der Waals surface area contributed by atoms with E-state index < -0.39 is 0 Å². The molecule has 2 atom stereocenters. The maximum atomic E-state index is 12.4. The normalized spacial score (nSPS) is 21.0. The van der Waals surface area contributed by atoms with Gasteiger partial charge in [-0.25, -0.2) is 0 Å². The molecule has 0 unspecified atom stereocenters. The molecule has 0 fully saturated rings. The minimum atomic E-state index is 0.0417. The number of rotatable bonds is 6. The van der Waals surface area contributed by atoms with Crippen LogP contribution in [0.15, 0.2) is 40.5 Å². The molecule has 0 saturated carbocycles. The van der Waals surface area contributed by atoms with Gasteiger partial charge < -0.3 is 14.4 Å². The highest BCUT2D eigenvalue weighted by molar-refractivity contribution is 14.1. The zero-order valence-corrected chi connectivity index (χ0v) is 15.9. The Morgan fingerprint density at radius 1 is 1.35 bits per heavy atom. The van der Waals surface area contributed by atoms with Crippen molar-refractivity contribution < 1.29 is 14.3 Å². The van der Waals surface area contributed by atoms with Crippen molar-refractivity contribution in [1.82, 2.24) is 4.90 Å². The van der Waals surface area contributed by atoms with Crippen molar-refractivity contribution in [3.05, 3.63) is 46.1 Å². The summed E-state index contributed by atoms with van der Waals surface area (Å²) in [5.74, 6) is 1.81. The standard InChI is InChI=1S/C18H22INO3/c1-5-6-15-12(2)20(18(21)10-16(15)19)11-13-7-8-14(22-3)9-17(13)23-4/h5,7-10,12,15H,1,6,11H2,2-4H3/t12-,15+/m0/s1. The summed E-state index contributed by atoms with van der Waals surface area (Å²) in [5.41, 5.74) is 0.969. The van der Waals surface area contributed by atoms with Crippen LogP contribution in [0.1, 0.15) is 18.9 Å². The molecule has 0 saturated heterocycles. The lowest BCUT2D eigenvalue weighted by molar-refractivity contribution is -0.130. The number of hydrogen-bond acceptors (Lipinski definition) is 3. The predicted octanol–water partition coefficient (Wildman–Crippen LogP) is 3.95. The molecule has 0 aromatic heterocycles. The van der Waals surface area contributed by atoms with Gasteiger partial charge in [0, 0.05) is 39.8 Å². The third-order valence-corrected chi connectivity index (χ3v) is 5.34. The van der Waals surface area contributed by atoms with Gasteiger partial charge >= 0.3 is 0 Å². The molecule has 0 aliphatic carbocycles. The zero-order valence-electron chi connectivity index (χ0n) is 13.7. The first-order chi connectivity index (χ1) is 11.0. The van der Waals surface area contributed by atoms with E-state index in [2.05, 4.69) is 36.1 Å². The van der Waals surface area contributed by atoms with Crippen molar-refractivity contribution in [3.63, 3.8) is 0 Å². The quantitative estimate of drug-likeness (QED) is 0.510. The van der Waals surface area contributed by atoms with Gasteiger partial charge in [-0.2, -0.15) is 0 Å². The number of benzene rings is 1. The molecule has 1 aliphatic heterocycles. The summed E-state index contributed by atoms with van der Waals surface area (Å²) >= 11 is 2.26. The Morgan fingerprint density at radius 3 is 2.70 bits per heavy atom. The number of carbonyl (C=O) groups excluding carboxylic acids is 1. The minimum Gasteiger partial charge on any atom is -0.497 e. The van der Waals surface area contributed by atoms with Crippen LogP contribution in [0.5, 0.6) is 11.5 Å². The number of halogens is 1. The number of hydrogen-bond donors (Lipinski definition) is 0. The number of methoxy groups -OCH3 is 2. The van der Waals surface area contributed by atoms with Crippen LogP contribution < -0.4 is 9.47 Å². The van der Waals surface area contributed by atoms with Gasteiger partial charge in [0.05, 0.1) is 14.2 Å². The highest BCUT2D eigenvalue weighted by atomic mass is 127. The molecule has 0 spiro atoms. The summed E-state index contributed by atoms with van der Waals surface area (Å²) in [7, 11) is 3.25. The van der Waals surface area contributed by atoms with E-state index in [4.69, 9.17) is 9.47 Å². The lowest BCUT2D eigenvalue weighted by Gasteiger charge is -2.38. The smallest absolute Gasteiger partial charge is 0.247 e. The molecular formula is C18H22INO3. The lowest BCUT2D eigenvalue weighted by Crippen LogP contribution is -2.44. The summed E-state index contributed by atoms with van der Waals surface area (Å²) in [6.45, 7) is 6.44. The summed E-state index contributed by atoms with van der Waals surface area (Å²) in [5, 5.41) is 0. The van der Waals surface area contributed by atoms with Crippen LogP contribution in [-0.2, 0) is 11.3 Å². The van der Waals surface area contributed by atoms with E-state index >= 15 is 0 Å². The summed E-state index contributed by atoms with van der Waals surface area (Å²) in [6.07, 6.45) is 4.50. The van der Waals surface area contributed by atoms with E-state index in [1.807, 2.05) is 29.2 Å². The number of carbonyl (C=O) groups is 1. The average molecular weight is 427 g/mol. The second kappa shape index (κ2) is 7.86. The fraction of sp³-hybridized carbons (Fsp3) is 0.389. The van der Waals surface area contributed by atoms with Gasteiger partial charge in [0.1, 0.15) is 11.5 Å². The molecule has 1 aliphatic rings. The van der Waals surface area contributed by atoms with E-state index in [0.717, 1.165) is 27.1 Å². The molecule has 23 heavy (non-hydrogen) atoms. The third kappa shape index (κ3) is 3.88. The second-order valence-electron chi connectivity index (χ2n) is 5.54. The van der Waals surface area contributed by atoms with Gasteiger partial charge in [0.15, 0.2) is 0 Å². The van der Waals surface area contributed by atoms with Crippen LogP contribution in [0.25, 0.3) is 0 Å². The van der Waals surface area contributed by atoms with Crippen LogP contribution in [0.3, 0.4) is 0 Å². The Labute approximate surface area is 151 Å². The Hall–Kier alpha value is -1.50. The average Bonchev–Trinajstić information content (AvgIpc) is 2.55. The first-order valence-corrected chi connectivity index (χ1v) is 8.59. The maximum Gasteiger partial charge on any atom is 0.247 e. The molecular weight excluding hydrogens is 405 g/mol. The van der Waals surface area contributed by atoms with E-state index in [1.165, 1.54) is 0 Å². The number of allylic oxidation sites excluding steroid dienone is 1. The van der Waals surface area contributed by atoms with E-state index in [9.17, 15) is 4.79 Å². The molecule has 2 rings (SSSR count). The minimum absolute atomic E-state index is 0.0417. The highest BCUT2D eigenvalue weighted by Gasteiger charge is 2.32. The van der Waals surface area contributed by atoms with Crippen LogP contribution in [-0.4, -0.2) is 31.1 Å². The fourth-order valence-electron chi connectivity index (χ4n) is 2.83. The first kappa shape index (κ1) is 17.8. The Morgan fingerprint density at radius 2 is 2.09 bits per heavy atom. The molecule has 1 heterocycles. The summed E-state index contributed by atoms with van der Waals surface area (Å²) in [6, 6.07) is 5.79. The van der Waals surface area contributed by atoms with Crippen LogP contribution in [0.4, 0.5) is 0 Å². The van der Waals surface area contributed by atoms with Gasteiger partial charge in [-0.1, -0.05) is 6.08 Å². The Kier molecular flexibility index (Phi) is 6.10. The molecule has 1 aromatic carbocycles. The zero-order chi connectivity index (χ0) is 17.0.